The second-order valence-corrected chi connectivity index (χ2v) is 9.73. The number of carbonyl (C=O) groups excluding carboxylic acids is 2. The van der Waals surface area contributed by atoms with Gasteiger partial charge in [0.2, 0.25) is 15.9 Å². The molecule has 0 unspecified atom stereocenters. The van der Waals surface area contributed by atoms with Crippen LogP contribution in [0.4, 0.5) is 4.39 Å². The maximum atomic E-state index is 14.3. The van der Waals surface area contributed by atoms with Gasteiger partial charge in [0.15, 0.2) is 0 Å². The number of nitrogens with zero attached hydrogens (tertiary/aromatic N) is 2. The quantitative estimate of drug-likeness (QED) is 0.782. The van der Waals surface area contributed by atoms with Crippen molar-refractivity contribution in [2.75, 3.05) is 26.2 Å². The summed E-state index contributed by atoms with van der Waals surface area (Å²) in [4.78, 5) is 28.5. The molecule has 1 heterocycles. The van der Waals surface area contributed by atoms with Gasteiger partial charge in [0.05, 0.1) is 10.5 Å². The highest BCUT2D eigenvalue weighted by atomic mass is 32.2. The Morgan fingerprint density at radius 1 is 1.07 bits per heavy atom. The molecule has 0 spiro atoms. The third-order valence-electron chi connectivity index (χ3n) is 5.45. The van der Waals surface area contributed by atoms with Crippen molar-refractivity contribution in [3.05, 3.63) is 29.6 Å². The highest BCUT2D eigenvalue weighted by Crippen LogP contribution is 2.27. The molecule has 1 aliphatic carbocycles. The van der Waals surface area contributed by atoms with E-state index < -0.39 is 21.7 Å². The fourth-order valence-corrected chi connectivity index (χ4v) is 5.22. The zero-order chi connectivity index (χ0) is 21.2. The van der Waals surface area contributed by atoms with Gasteiger partial charge < -0.3 is 9.80 Å². The molecule has 1 saturated heterocycles. The molecule has 0 aromatic heterocycles. The molecular weight excluding hydrogens is 397 g/mol. The summed E-state index contributed by atoms with van der Waals surface area (Å²) in [6, 6.07) is 2.91. The zero-order valence-electron chi connectivity index (χ0n) is 16.9. The molecule has 7 nitrogen and oxygen atoms in total. The average Bonchev–Trinajstić information content (AvgIpc) is 3.21. The van der Waals surface area contributed by atoms with Gasteiger partial charge in [-0.15, -0.1) is 0 Å². The van der Waals surface area contributed by atoms with Gasteiger partial charge in [-0.25, -0.2) is 17.5 Å². The molecule has 1 aliphatic heterocycles. The lowest BCUT2D eigenvalue weighted by molar-refractivity contribution is -0.136. The van der Waals surface area contributed by atoms with Crippen LogP contribution in [0.5, 0.6) is 0 Å². The van der Waals surface area contributed by atoms with Crippen LogP contribution in [0, 0.1) is 11.7 Å². The number of sulfonamides is 1. The van der Waals surface area contributed by atoms with Gasteiger partial charge in [-0.1, -0.05) is 12.8 Å². The molecule has 160 valence electrons. The first-order valence-corrected chi connectivity index (χ1v) is 11.6. The molecule has 0 atom stereocenters. The predicted molar refractivity (Wildman–Crippen MR) is 106 cm³/mol. The fourth-order valence-electron chi connectivity index (χ4n) is 3.95. The van der Waals surface area contributed by atoms with Gasteiger partial charge in [0, 0.05) is 38.1 Å². The van der Waals surface area contributed by atoms with E-state index in [1.807, 2.05) is 0 Å². The van der Waals surface area contributed by atoms with Crippen molar-refractivity contribution in [2.45, 2.75) is 50.5 Å². The summed E-state index contributed by atoms with van der Waals surface area (Å²) in [7, 11) is -3.83. The summed E-state index contributed by atoms with van der Waals surface area (Å²) in [5, 5.41) is 0. The van der Waals surface area contributed by atoms with Crippen LogP contribution < -0.4 is 4.72 Å². The second-order valence-electron chi connectivity index (χ2n) is 8.02. The van der Waals surface area contributed by atoms with Crippen molar-refractivity contribution in [1.29, 1.82) is 0 Å². The number of hydrogen-bond donors (Lipinski definition) is 1. The van der Waals surface area contributed by atoms with Gasteiger partial charge >= 0.3 is 0 Å². The number of halogens is 1. The van der Waals surface area contributed by atoms with Crippen molar-refractivity contribution in [1.82, 2.24) is 14.5 Å². The molecule has 3 rings (SSSR count). The summed E-state index contributed by atoms with van der Waals surface area (Å²) in [5.41, 5.74) is -0.271. The Hall–Kier alpha value is -2.00. The number of rotatable bonds is 5. The van der Waals surface area contributed by atoms with Crippen molar-refractivity contribution < 1.29 is 22.4 Å². The lowest BCUT2D eigenvalue weighted by Gasteiger charge is -2.36. The van der Waals surface area contributed by atoms with Gasteiger partial charge in [0.1, 0.15) is 5.82 Å². The highest BCUT2D eigenvalue weighted by Gasteiger charge is 2.31. The van der Waals surface area contributed by atoms with Gasteiger partial charge in [-0.2, -0.15) is 0 Å². The Bertz CT molecular complexity index is 874. The fraction of sp³-hybridized carbons (Fsp3) is 0.600. The second kappa shape index (κ2) is 8.79. The Balaban J connectivity index is 1.69. The molecule has 2 aliphatic rings. The van der Waals surface area contributed by atoms with Gasteiger partial charge in [0.25, 0.3) is 5.91 Å². The first-order valence-electron chi connectivity index (χ1n) is 10.1. The number of amides is 2. The molecular formula is C20H28FN3O4S. The van der Waals surface area contributed by atoms with Crippen LogP contribution in [-0.4, -0.2) is 62.3 Å². The van der Waals surface area contributed by atoms with E-state index in [1.165, 1.54) is 4.90 Å². The van der Waals surface area contributed by atoms with Crippen molar-refractivity contribution in [3.63, 3.8) is 0 Å². The van der Waals surface area contributed by atoms with E-state index in [0.717, 1.165) is 43.9 Å². The molecule has 1 N–H and O–H groups in total. The molecule has 0 bridgehead atoms. The zero-order valence-corrected chi connectivity index (χ0v) is 17.7. The molecule has 0 radical (unpaired) electrons. The Kier molecular flexibility index (Phi) is 6.58. The van der Waals surface area contributed by atoms with Crippen molar-refractivity contribution in [3.8, 4) is 0 Å². The lowest BCUT2D eigenvalue weighted by Crippen LogP contribution is -2.51. The molecule has 1 aromatic rings. The minimum atomic E-state index is -3.83. The van der Waals surface area contributed by atoms with E-state index >= 15 is 0 Å². The van der Waals surface area contributed by atoms with Crippen LogP contribution in [0.25, 0.3) is 0 Å². The van der Waals surface area contributed by atoms with Crippen LogP contribution in [0.2, 0.25) is 0 Å². The topological polar surface area (TPSA) is 86.8 Å². The van der Waals surface area contributed by atoms with E-state index in [1.54, 1.807) is 18.7 Å². The third-order valence-corrected chi connectivity index (χ3v) is 7.11. The van der Waals surface area contributed by atoms with Crippen molar-refractivity contribution >= 4 is 21.8 Å². The van der Waals surface area contributed by atoms with E-state index in [0.29, 0.717) is 26.2 Å². The summed E-state index contributed by atoms with van der Waals surface area (Å²) in [6.07, 6.45) is 4.02. The minimum Gasteiger partial charge on any atom is -0.339 e. The van der Waals surface area contributed by atoms with E-state index in [4.69, 9.17) is 0 Å². The largest absolute Gasteiger partial charge is 0.339 e. The van der Waals surface area contributed by atoms with Crippen molar-refractivity contribution in [2.24, 2.45) is 5.92 Å². The molecule has 9 heteroatoms. The summed E-state index contributed by atoms with van der Waals surface area (Å²) >= 11 is 0. The van der Waals surface area contributed by atoms with Gasteiger partial charge in [-0.05, 0) is 44.9 Å². The lowest BCUT2D eigenvalue weighted by atomic mass is 10.1. The van der Waals surface area contributed by atoms with Crippen LogP contribution in [-0.2, 0) is 14.8 Å². The number of carbonyl (C=O) groups is 2. The smallest absolute Gasteiger partial charge is 0.256 e. The molecule has 29 heavy (non-hydrogen) atoms. The first-order chi connectivity index (χ1) is 13.7. The monoisotopic (exact) mass is 425 g/mol. The molecule has 1 aromatic carbocycles. The van der Waals surface area contributed by atoms with E-state index in [2.05, 4.69) is 4.72 Å². The number of benzene rings is 1. The summed E-state index contributed by atoms with van der Waals surface area (Å²) in [6.45, 7) is 4.79. The van der Waals surface area contributed by atoms with E-state index in [9.17, 15) is 22.4 Å². The van der Waals surface area contributed by atoms with Crippen LogP contribution in [0.15, 0.2) is 23.1 Å². The Morgan fingerprint density at radius 2 is 1.66 bits per heavy atom. The molecule has 2 fully saturated rings. The minimum absolute atomic E-state index is 0.0880. The first kappa shape index (κ1) is 21.7. The van der Waals surface area contributed by atoms with Gasteiger partial charge in [-0.3, -0.25) is 9.59 Å². The highest BCUT2D eigenvalue weighted by molar-refractivity contribution is 7.89. The summed E-state index contributed by atoms with van der Waals surface area (Å²) in [5.74, 6) is -1.08. The average molecular weight is 426 g/mol. The maximum absolute atomic E-state index is 14.3. The van der Waals surface area contributed by atoms with E-state index in [-0.39, 0.29) is 28.3 Å². The molecule has 2 amide bonds. The summed E-state index contributed by atoms with van der Waals surface area (Å²) < 4.78 is 41.4. The van der Waals surface area contributed by atoms with Crippen LogP contribution >= 0.6 is 0 Å². The number of nitrogens with one attached hydrogen (secondary N) is 1. The normalized spacial score (nSPS) is 18.5. The standard InChI is InChI=1S/C20H28FN3O4S/c1-14(2)22-29(27,28)16-7-8-18(21)17(13-16)20(26)24-11-9-23(10-12-24)19(25)15-5-3-4-6-15/h7-8,13-15,22H,3-6,9-12H2,1-2H3. The Labute approximate surface area is 171 Å². The Morgan fingerprint density at radius 3 is 2.24 bits per heavy atom. The SMILES string of the molecule is CC(C)NS(=O)(=O)c1ccc(F)c(C(=O)N2CCN(C(=O)C3CCCC3)CC2)c1. The van der Waals surface area contributed by atoms with Crippen LogP contribution in [0.1, 0.15) is 49.9 Å². The third kappa shape index (κ3) is 4.95. The number of hydrogen-bond acceptors (Lipinski definition) is 4. The van der Waals surface area contributed by atoms with Crippen LogP contribution in [0.3, 0.4) is 0 Å². The maximum Gasteiger partial charge on any atom is 0.256 e. The predicted octanol–water partition coefficient (Wildman–Crippen LogP) is 1.99. The number of piperazine rings is 1. The molecule has 1 saturated carbocycles.